The van der Waals surface area contributed by atoms with E-state index < -0.39 is 25.9 Å². The number of rotatable bonds is 47. The molecule has 0 heterocycles. The third-order valence-corrected chi connectivity index (χ3v) is 12.3. The summed E-state index contributed by atoms with van der Waals surface area (Å²) in [6.07, 6.45) is 60.2. The highest BCUT2D eigenvalue weighted by Crippen LogP contribution is 2.43. The highest BCUT2D eigenvalue weighted by Gasteiger charge is 2.30. The molecule has 0 bridgehead atoms. The van der Waals surface area contributed by atoms with Crippen LogP contribution < -0.4 is 5.32 Å². The van der Waals surface area contributed by atoms with Crippen LogP contribution in [0.3, 0.4) is 0 Å². The molecule has 0 aromatic carbocycles. The molecule has 2 N–H and O–H groups in total. The molecule has 0 rings (SSSR count). The fourth-order valence-corrected chi connectivity index (χ4v) is 7.89. The Morgan fingerprint density at radius 1 is 0.537 bits per heavy atom. The van der Waals surface area contributed by atoms with Gasteiger partial charge in [-0.1, -0.05) is 196 Å². The summed E-state index contributed by atoms with van der Waals surface area (Å²) < 4.78 is 30.4. The van der Waals surface area contributed by atoms with Gasteiger partial charge in [0.25, 0.3) is 0 Å². The number of hydrogen-bond donors (Lipinski definition) is 2. The minimum Gasteiger partial charge on any atom is -0.456 e. The Labute approximate surface area is 412 Å². The lowest BCUT2D eigenvalue weighted by atomic mass is 10.1. The van der Waals surface area contributed by atoms with Crippen LogP contribution in [0.2, 0.25) is 0 Å². The number of phosphoric ester groups is 1. The van der Waals surface area contributed by atoms with Crippen LogP contribution in [-0.4, -0.2) is 74.3 Å². The molecule has 0 saturated heterocycles. The normalized spacial score (nSPS) is 14.6. The number of esters is 1. The van der Waals surface area contributed by atoms with Gasteiger partial charge in [0, 0.05) is 12.8 Å². The zero-order chi connectivity index (χ0) is 49.4. The lowest BCUT2D eigenvalue weighted by molar-refractivity contribution is -0.870. The number of hydrogen-bond acceptors (Lipinski definition) is 6. The van der Waals surface area contributed by atoms with E-state index >= 15 is 0 Å². The number of unbranched alkanes of at least 4 members (excludes halogenated alkanes) is 19. The van der Waals surface area contributed by atoms with Crippen molar-refractivity contribution in [2.45, 2.75) is 226 Å². The van der Waals surface area contributed by atoms with Crippen LogP contribution in [0.15, 0.2) is 85.1 Å². The molecule has 0 aromatic heterocycles. The number of ether oxygens (including phenoxy) is 1. The number of carbonyl (C=O) groups is 2. The summed E-state index contributed by atoms with van der Waals surface area (Å²) in [7, 11) is 1.44. The van der Waals surface area contributed by atoms with Crippen LogP contribution >= 0.6 is 7.82 Å². The first kappa shape index (κ1) is 64.2. The summed E-state index contributed by atoms with van der Waals surface area (Å²) in [5, 5.41) is 3.00. The molecule has 0 aliphatic rings. The number of nitrogens with zero attached hydrogens (tertiary/aromatic N) is 1. The summed E-state index contributed by atoms with van der Waals surface area (Å²) in [5.41, 5.74) is 0. The van der Waals surface area contributed by atoms with E-state index in [-0.39, 0.29) is 32.0 Å². The van der Waals surface area contributed by atoms with Gasteiger partial charge in [-0.25, -0.2) is 4.57 Å². The Hall–Kier alpha value is -2.81. The number of nitrogens with one attached hydrogen (secondary N) is 1. The maximum atomic E-state index is 13.4. The van der Waals surface area contributed by atoms with Crippen molar-refractivity contribution in [1.29, 1.82) is 0 Å². The molecule has 0 radical (unpaired) electrons. The van der Waals surface area contributed by atoms with E-state index in [0.717, 1.165) is 77.0 Å². The third kappa shape index (κ3) is 48.0. The maximum Gasteiger partial charge on any atom is 0.472 e. The Balaban J connectivity index is 5.54. The molecule has 3 unspecified atom stereocenters. The van der Waals surface area contributed by atoms with Gasteiger partial charge in [0.1, 0.15) is 19.3 Å². The second kappa shape index (κ2) is 46.9. The van der Waals surface area contributed by atoms with E-state index in [1.165, 1.54) is 89.9 Å². The number of amides is 1. The molecule has 0 aliphatic heterocycles. The Bertz CT molecular complexity index is 1430. The first-order chi connectivity index (χ1) is 32.4. The van der Waals surface area contributed by atoms with Crippen molar-refractivity contribution in [2.24, 2.45) is 0 Å². The van der Waals surface area contributed by atoms with Gasteiger partial charge in [-0.15, -0.1) is 0 Å². The molecule has 1 amide bonds. The SMILES string of the molecule is CC/C=C/C/C=C/C/C=C/C/C=C/CCCCCC(=O)NC(COP(=O)(O)OCC[N+](C)(C)C)C(/C=C/CCCCCCCCCCCC)OC(=O)CC/C=C/C/C=C\CCCCCCCC. The van der Waals surface area contributed by atoms with Crippen LogP contribution in [0.25, 0.3) is 0 Å². The van der Waals surface area contributed by atoms with E-state index in [0.29, 0.717) is 23.9 Å². The quantitative estimate of drug-likeness (QED) is 0.0205. The molecule has 0 spiro atoms. The van der Waals surface area contributed by atoms with Crippen LogP contribution in [0.4, 0.5) is 0 Å². The Kier molecular flexibility index (Phi) is 44.9. The molecule has 0 fully saturated rings. The molecule has 9 nitrogen and oxygen atoms in total. The molecule has 0 aliphatic carbocycles. The zero-order valence-corrected chi connectivity index (χ0v) is 44.8. The number of quaternary nitrogens is 1. The monoisotopic (exact) mass is 958 g/mol. The van der Waals surface area contributed by atoms with Gasteiger partial charge in [-0.2, -0.15) is 0 Å². The number of allylic oxidation sites excluding steroid dienone is 13. The molecule has 67 heavy (non-hydrogen) atoms. The van der Waals surface area contributed by atoms with E-state index in [2.05, 4.69) is 92.9 Å². The second-order valence-electron chi connectivity index (χ2n) is 19.0. The van der Waals surface area contributed by atoms with E-state index in [4.69, 9.17) is 13.8 Å². The van der Waals surface area contributed by atoms with Crippen molar-refractivity contribution in [2.75, 3.05) is 40.9 Å². The van der Waals surface area contributed by atoms with Crippen LogP contribution in [0.1, 0.15) is 213 Å². The van der Waals surface area contributed by atoms with Gasteiger partial charge >= 0.3 is 13.8 Å². The molecular weight excluding hydrogens is 856 g/mol. The highest BCUT2D eigenvalue weighted by atomic mass is 31.2. The van der Waals surface area contributed by atoms with Crippen molar-refractivity contribution >= 4 is 19.7 Å². The summed E-state index contributed by atoms with van der Waals surface area (Å²) in [4.78, 5) is 37.4. The number of carbonyl (C=O) groups excluding carboxylic acids is 2. The second-order valence-corrected chi connectivity index (χ2v) is 20.5. The van der Waals surface area contributed by atoms with Gasteiger partial charge < -0.3 is 19.4 Å². The van der Waals surface area contributed by atoms with Crippen molar-refractivity contribution < 1.29 is 37.3 Å². The summed E-state index contributed by atoms with van der Waals surface area (Å²) >= 11 is 0. The lowest BCUT2D eigenvalue weighted by Crippen LogP contribution is -2.47. The minimum atomic E-state index is -4.46. The fourth-order valence-electron chi connectivity index (χ4n) is 7.16. The lowest BCUT2D eigenvalue weighted by Gasteiger charge is -2.27. The highest BCUT2D eigenvalue weighted by molar-refractivity contribution is 7.47. The maximum absolute atomic E-state index is 13.4. The topological polar surface area (TPSA) is 111 Å². The molecule has 10 heteroatoms. The minimum absolute atomic E-state index is 0.0226. The molecule has 0 saturated carbocycles. The van der Waals surface area contributed by atoms with Crippen molar-refractivity contribution in [3.05, 3.63) is 85.1 Å². The van der Waals surface area contributed by atoms with Gasteiger partial charge in [0.15, 0.2) is 0 Å². The average Bonchev–Trinajstić information content (AvgIpc) is 3.28. The fraction of sp³-hybridized carbons (Fsp3) is 0.719. The smallest absolute Gasteiger partial charge is 0.456 e. The average molecular weight is 958 g/mol. The number of phosphoric acid groups is 1. The van der Waals surface area contributed by atoms with Gasteiger partial charge in [-0.3, -0.25) is 18.6 Å². The Morgan fingerprint density at radius 2 is 0.970 bits per heavy atom. The Morgan fingerprint density at radius 3 is 1.46 bits per heavy atom. The van der Waals surface area contributed by atoms with Gasteiger partial charge in [-0.05, 0) is 89.5 Å². The van der Waals surface area contributed by atoms with Crippen molar-refractivity contribution in [3.8, 4) is 0 Å². The number of likely N-dealkylation sites (N-methyl/N-ethyl adjacent to an activating group) is 1. The first-order valence-corrected chi connectivity index (χ1v) is 28.4. The molecule has 386 valence electrons. The predicted octanol–water partition coefficient (Wildman–Crippen LogP) is 15.9. The van der Waals surface area contributed by atoms with Crippen LogP contribution in [0, 0.1) is 0 Å². The van der Waals surface area contributed by atoms with E-state index in [9.17, 15) is 19.0 Å². The van der Waals surface area contributed by atoms with Crippen molar-refractivity contribution in [1.82, 2.24) is 5.32 Å². The van der Waals surface area contributed by atoms with E-state index in [1.54, 1.807) is 0 Å². The standard InChI is InChI=1S/C57H101N2O7P/c1-7-10-13-16-19-22-25-28-29-30-32-34-37-40-43-46-49-56(60)58-54(53-65-67(62,63)64-52-51-59(4,5)6)55(48-45-42-39-36-33-27-24-21-18-15-12-9-3)66-57(61)50-47-44-41-38-35-31-26-23-20-17-14-11-8-2/h10,13,19,22,28-29,31-32,34-35,41,44-45,48,54-55H,7-9,11-12,14-18,20-21,23-27,30,33,36-40,42-43,46-47,49-53H2,1-6H3,(H-,58,60,62,63)/p+1/b13-10+,22-19+,29-28+,34-32+,35-31-,44-41+,48-45+. The summed E-state index contributed by atoms with van der Waals surface area (Å²) in [6, 6.07) is -0.889. The van der Waals surface area contributed by atoms with Gasteiger partial charge in [0.2, 0.25) is 5.91 Å². The molecular formula is C57H102N2O7P+. The van der Waals surface area contributed by atoms with E-state index in [1.807, 2.05) is 39.4 Å². The summed E-state index contributed by atoms with van der Waals surface area (Å²) in [6.45, 7) is 6.80. The van der Waals surface area contributed by atoms with Crippen molar-refractivity contribution in [3.63, 3.8) is 0 Å². The van der Waals surface area contributed by atoms with Crippen LogP contribution in [-0.2, 0) is 27.9 Å². The molecule has 0 aromatic rings. The third-order valence-electron chi connectivity index (χ3n) is 11.3. The largest absolute Gasteiger partial charge is 0.472 e. The zero-order valence-electron chi connectivity index (χ0n) is 43.9. The summed E-state index contributed by atoms with van der Waals surface area (Å²) in [5.74, 6) is -0.626. The predicted molar refractivity (Wildman–Crippen MR) is 286 cm³/mol. The van der Waals surface area contributed by atoms with Gasteiger partial charge in [0.05, 0.1) is 33.8 Å². The molecule has 3 atom stereocenters. The van der Waals surface area contributed by atoms with Crippen LogP contribution in [0.5, 0.6) is 0 Å². The first-order valence-electron chi connectivity index (χ1n) is 26.9.